The Hall–Kier alpha value is 0.539. The molecule has 0 atom stereocenters. The number of allylic oxidation sites excluding steroid dienone is 2. The second-order valence-corrected chi connectivity index (χ2v) is 20.4. The molecule has 0 radical (unpaired) electrons. The summed E-state index contributed by atoms with van der Waals surface area (Å²) in [4.78, 5) is 5.14. The average molecular weight is 245 g/mol. The fourth-order valence-electron chi connectivity index (χ4n) is 1.31. The van der Waals surface area contributed by atoms with E-state index in [1.807, 2.05) is 0 Å². The minimum absolute atomic E-state index is 0.698. The van der Waals surface area contributed by atoms with E-state index in [1.54, 1.807) is 0 Å². The molecule has 0 amide bonds. The molecule has 0 unspecified atom stereocenters. The third kappa shape index (κ3) is 1.41. The molecule has 0 saturated heterocycles. The summed E-state index contributed by atoms with van der Waals surface area (Å²) in [6.07, 6.45) is 6.10. The van der Waals surface area contributed by atoms with Crippen LogP contribution in [-0.4, -0.2) is 18.4 Å². The van der Waals surface area contributed by atoms with Gasteiger partial charge in [-0.05, 0) is 0 Å². The van der Waals surface area contributed by atoms with Gasteiger partial charge in [-0.2, -0.15) is 0 Å². The molecule has 58 valence electrons. The van der Waals surface area contributed by atoms with Crippen molar-refractivity contribution in [3.05, 3.63) is 12.2 Å². The van der Waals surface area contributed by atoms with Crippen molar-refractivity contribution in [3.8, 4) is 0 Å². The molecule has 0 nitrogen and oxygen atoms in total. The molecule has 0 N–H and O–H groups in total. The van der Waals surface area contributed by atoms with Crippen molar-refractivity contribution in [2.24, 2.45) is 0 Å². The second kappa shape index (κ2) is 2.54. The van der Waals surface area contributed by atoms with Crippen LogP contribution >= 0.6 is 0 Å². The Bertz CT molecular complexity index is 136. The van der Waals surface area contributed by atoms with Gasteiger partial charge >= 0.3 is 68.5 Å². The van der Waals surface area contributed by atoms with E-state index in [9.17, 15) is 0 Å². The molecule has 1 aliphatic heterocycles. The molecule has 0 aromatic carbocycles. The summed E-state index contributed by atoms with van der Waals surface area (Å²) in [6, 6.07) is 0. The van der Waals surface area contributed by atoms with Gasteiger partial charge in [0.15, 0.2) is 0 Å². The molecule has 0 saturated carbocycles. The molecule has 0 aromatic rings. The Kier molecular flexibility index (Phi) is 2.20. The molecule has 10 heavy (non-hydrogen) atoms. The Morgan fingerprint density at radius 1 is 1.20 bits per heavy atom. The Morgan fingerprint density at radius 2 is 1.80 bits per heavy atom. The molecule has 0 aliphatic carbocycles. The summed E-state index contributed by atoms with van der Waals surface area (Å²) in [5.74, 6) is 0. The topological polar surface area (TPSA) is 0 Å². The molecular weight excluding hydrogens is 227 g/mol. The van der Waals surface area contributed by atoms with Crippen molar-refractivity contribution in [1.29, 1.82) is 0 Å². The zero-order valence-corrected chi connectivity index (χ0v) is 10.4. The summed E-state index contributed by atoms with van der Waals surface area (Å²) >= 11 is -1.62. The monoisotopic (exact) mass is 246 g/mol. The first-order chi connectivity index (χ1) is 4.46. The summed E-state index contributed by atoms with van der Waals surface area (Å²) in [7, 11) is 0. The molecule has 1 rings (SSSR count). The van der Waals surface area contributed by atoms with Crippen molar-refractivity contribution < 1.29 is 0 Å². The van der Waals surface area contributed by atoms with Gasteiger partial charge in [-0.15, -0.1) is 0 Å². The van der Waals surface area contributed by atoms with Crippen molar-refractivity contribution in [2.75, 3.05) is 0 Å². The van der Waals surface area contributed by atoms with Crippen LogP contribution in [0.2, 0.25) is 17.7 Å². The van der Waals surface area contributed by atoms with Crippen molar-refractivity contribution in [3.63, 3.8) is 0 Å². The SMILES string of the molecule is C[C]1(C)CC=C[CH2][Sn]1([CH3])[CH3]. The van der Waals surface area contributed by atoms with Gasteiger partial charge in [-0.25, -0.2) is 0 Å². The van der Waals surface area contributed by atoms with E-state index in [1.165, 1.54) is 10.9 Å². The first-order valence-corrected chi connectivity index (χ1v) is 13.3. The Balaban J connectivity index is 2.84. The van der Waals surface area contributed by atoms with Gasteiger partial charge in [0.1, 0.15) is 0 Å². The standard InChI is InChI=1S/C7H12.2CH3.Sn/c1-4-5-6-7(2)3;;;/h4-5H,1,6H2,2-3H3;2*1H3;. The van der Waals surface area contributed by atoms with E-state index in [0.29, 0.717) is 3.43 Å². The fraction of sp³-hybridized carbons (Fsp3) is 0.778. The zero-order chi connectivity index (χ0) is 7.83. The predicted molar refractivity (Wildman–Crippen MR) is 50.1 cm³/mol. The average Bonchev–Trinajstić information content (AvgIpc) is 1.77. The first-order valence-electron chi connectivity index (χ1n) is 4.11. The van der Waals surface area contributed by atoms with Crippen LogP contribution in [0, 0.1) is 0 Å². The third-order valence-corrected chi connectivity index (χ3v) is 17.9. The molecule has 1 aliphatic rings. The van der Waals surface area contributed by atoms with E-state index >= 15 is 0 Å². The van der Waals surface area contributed by atoms with Gasteiger partial charge in [-0.3, -0.25) is 0 Å². The number of hydrogen-bond acceptors (Lipinski definition) is 0. The van der Waals surface area contributed by atoms with Gasteiger partial charge in [0.2, 0.25) is 0 Å². The van der Waals surface area contributed by atoms with Crippen LogP contribution in [0.5, 0.6) is 0 Å². The normalized spacial score (nSPS) is 28.4. The Labute approximate surface area is 68.6 Å². The molecule has 0 bridgehead atoms. The van der Waals surface area contributed by atoms with E-state index in [-0.39, 0.29) is 0 Å². The summed E-state index contributed by atoms with van der Waals surface area (Å²) < 4.78 is 2.14. The van der Waals surface area contributed by atoms with Gasteiger partial charge in [0.05, 0.1) is 0 Å². The van der Waals surface area contributed by atoms with Crippen LogP contribution in [0.25, 0.3) is 0 Å². The maximum atomic E-state index is 2.57. The van der Waals surface area contributed by atoms with E-state index in [2.05, 4.69) is 35.9 Å². The van der Waals surface area contributed by atoms with Crippen LogP contribution in [0.4, 0.5) is 0 Å². The van der Waals surface area contributed by atoms with Crippen LogP contribution in [0.15, 0.2) is 12.2 Å². The van der Waals surface area contributed by atoms with E-state index in [0.717, 1.165) is 0 Å². The van der Waals surface area contributed by atoms with Crippen LogP contribution in [0.3, 0.4) is 0 Å². The summed E-state index contributed by atoms with van der Waals surface area (Å²) in [5, 5.41) is 0. The van der Waals surface area contributed by atoms with Crippen LogP contribution in [0.1, 0.15) is 20.3 Å². The maximum absolute atomic E-state index is 2.57. The zero-order valence-electron chi connectivity index (χ0n) is 7.57. The fourth-order valence-corrected chi connectivity index (χ4v) is 6.96. The second-order valence-electron chi connectivity index (χ2n) is 4.65. The minimum atomic E-state index is -1.62. The molecular formula is C9H18Sn. The third-order valence-electron chi connectivity index (χ3n) is 3.26. The molecule has 0 aromatic heterocycles. The predicted octanol–water partition coefficient (Wildman–Crippen LogP) is 3.43. The van der Waals surface area contributed by atoms with Crippen LogP contribution in [-0.2, 0) is 0 Å². The van der Waals surface area contributed by atoms with Gasteiger partial charge in [0.25, 0.3) is 0 Å². The first kappa shape index (κ1) is 8.63. The van der Waals surface area contributed by atoms with Gasteiger partial charge in [-0.1, -0.05) is 0 Å². The van der Waals surface area contributed by atoms with Gasteiger partial charge < -0.3 is 0 Å². The quantitative estimate of drug-likeness (QED) is 0.453. The van der Waals surface area contributed by atoms with Crippen molar-refractivity contribution >= 4 is 18.4 Å². The molecule has 1 heterocycles. The Morgan fingerprint density at radius 3 is 2.10 bits per heavy atom. The molecule has 0 fully saturated rings. The molecule has 0 spiro atoms. The number of hydrogen-bond donors (Lipinski definition) is 0. The summed E-state index contributed by atoms with van der Waals surface area (Å²) in [6.45, 7) is 4.90. The summed E-state index contributed by atoms with van der Waals surface area (Å²) in [5.41, 5.74) is 0. The van der Waals surface area contributed by atoms with E-state index in [4.69, 9.17) is 0 Å². The molecule has 1 heteroatoms. The van der Waals surface area contributed by atoms with E-state index < -0.39 is 18.4 Å². The van der Waals surface area contributed by atoms with Gasteiger partial charge in [0, 0.05) is 0 Å². The van der Waals surface area contributed by atoms with Crippen molar-refractivity contribution in [1.82, 2.24) is 0 Å². The number of rotatable bonds is 0. The van der Waals surface area contributed by atoms with Crippen molar-refractivity contribution in [2.45, 2.75) is 38.0 Å². The van der Waals surface area contributed by atoms with Crippen LogP contribution < -0.4 is 0 Å².